The van der Waals surface area contributed by atoms with E-state index in [1.165, 1.54) is 0 Å². The fourth-order valence-corrected chi connectivity index (χ4v) is 1.91. The summed E-state index contributed by atoms with van der Waals surface area (Å²) in [5.74, 6) is -2.42. The number of rotatable bonds is 9. The van der Waals surface area contributed by atoms with Gasteiger partial charge in [0.1, 0.15) is 17.7 Å². The Labute approximate surface area is 152 Å². The maximum Gasteiger partial charge on any atom is 0.408 e. The fourth-order valence-electron chi connectivity index (χ4n) is 1.67. The van der Waals surface area contributed by atoms with E-state index >= 15 is 0 Å². The fraction of sp³-hybridized carbons (Fsp3) is 0.733. The Balaban J connectivity index is 4.55. The molecule has 0 radical (unpaired) electrons. The number of thiol groups is 1. The average Bonchev–Trinajstić information content (AvgIpc) is 2.46. The molecule has 25 heavy (non-hydrogen) atoms. The molecular formula is C15H26N2O7S. The number of hydrogen-bond acceptors (Lipinski definition) is 7. The lowest BCUT2D eigenvalue weighted by molar-refractivity contribution is -0.147. The van der Waals surface area contributed by atoms with Gasteiger partial charge in [-0.1, -0.05) is 0 Å². The van der Waals surface area contributed by atoms with E-state index in [0.717, 1.165) is 0 Å². The second kappa shape index (κ2) is 10.8. The van der Waals surface area contributed by atoms with Crippen LogP contribution in [0.15, 0.2) is 0 Å². The van der Waals surface area contributed by atoms with Crippen molar-refractivity contribution in [3.8, 4) is 0 Å². The highest BCUT2D eigenvalue weighted by atomic mass is 32.1. The molecule has 2 unspecified atom stereocenters. The monoisotopic (exact) mass is 378 g/mol. The van der Waals surface area contributed by atoms with Crippen LogP contribution in [-0.2, 0) is 23.9 Å². The maximum absolute atomic E-state index is 11.9. The first-order valence-electron chi connectivity index (χ1n) is 7.79. The van der Waals surface area contributed by atoms with E-state index in [4.69, 9.17) is 14.6 Å². The van der Waals surface area contributed by atoms with Crippen LogP contribution < -0.4 is 10.6 Å². The average molecular weight is 378 g/mol. The zero-order chi connectivity index (χ0) is 19.6. The van der Waals surface area contributed by atoms with Gasteiger partial charge in [0.25, 0.3) is 0 Å². The largest absolute Gasteiger partial charge is 0.480 e. The predicted octanol–water partition coefficient (Wildman–Crippen LogP) is 0.722. The Bertz CT molecular complexity index is 491. The van der Waals surface area contributed by atoms with E-state index in [-0.39, 0.29) is 25.2 Å². The van der Waals surface area contributed by atoms with Crippen molar-refractivity contribution < 1.29 is 33.8 Å². The summed E-state index contributed by atoms with van der Waals surface area (Å²) in [4.78, 5) is 46.3. The number of carboxylic acids is 1. The van der Waals surface area contributed by atoms with Crippen molar-refractivity contribution in [1.82, 2.24) is 10.6 Å². The van der Waals surface area contributed by atoms with E-state index < -0.39 is 41.6 Å². The minimum absolute atomic E-state index is 0.0447. The first-order chi connectivity index (χ1) is 11.5. The van der Waals surface area contributed by atoms with Gasteiger partial charge in [-0.3, -0.25) is 4.79 Å². The van der Waals surface area contributed by atoms with Gasteiger partial charge in [-0.15, -0.1) is 0 Å². The highest BCUT2D eigenvalue weighted by Crippen LogP contribution is 2.08. The van der Waals surface area contributed by atoms with Crippen molar-refractivity contribution in [2.75, 3.05) is 12.4 Å². The van der Waals surface area contributed by atoms with Crippen LogP contribution >= 0.6 is 12.6 Å². The Morgan fingerprint density at radius 3 is 2.16 bits per heavy atom. The molecule has 0 bridgehead atoms. The summed E-state index contributed by atoms with van der Waals surface area (Å²) in [6.07, 6.45) is -1.26. The van der Waals surface area contributed by atoms with E-state index in [2.05, 4.69) is 23.3 Å². The molecule has 144 valence electrons. The number of carbonyl (C=O) groups is 4. The molecule has 0 aliphatic carbocycles. The highest BCUT2D eigenvalue weighted by Gasteiger charge is 2.26. The molecule has 2 atom stereocenters. The number of carboxylic acid groups (broad SMARTS) is 1. The van der Waals surface area contributed by atoms with Crippen molar-refractivity contribution in [3.63, 3.8) is 0 Å². The number of carbonyl (C=O) groups excluding carboxylic acids is 3. The number of amides is 2. The second-order valence-corrected chi connectivity index (χ2v) is 6.50. The molecule has 0 aliphatic heterocycles. The normalized spacial score (nSPS) is 13.3. The number of alkyl carbamates (subject to hydrolysis) is 1. The third-order valence-electron chi connectivity index (χ3n) is 2.74. The Hall–Kier alpha value is -1.97. The molecule has 0 saturated carbocycles. The SMILES string of the molecule is CCOC(=O)C(CS)NC(=O)CCC(NC(=O)OC(C)(C)C)C(=O)O. The Morgan fingerprint density at radius 1 is 1.12 bits per heavy atom. The molecule has 0 aliphatic rings. The van der Waals surface area contributed by atoms with Gasteiger partial charge in [0.05, 0.1) is 6.61 Å². The lowest BCUT2D eigenvalue weighted by Crippen LogP contribution is -2.46. The van der Waals surface area contributed by atoms with Gasteiger partial charge in [-0.2, -0.15) is 12.6 Å². The quantitative estimate of drug-likeness (QED) is 0.343. The molecule has 0 aromatic heterocycles. The van der Waals surface area contributed by atoms with Gasteiger partial charge in [0.15, 0.2) is 0 Å². The number of ether oxygens (including phenoxy) is 2. The molecule has 10 heteroatoms. The summed E-state index contributed by atoms with van der Waals surface area (Å²) >= 11 is 3.97. The minimum atomic E-state index is -1.30. The van der Waals surface area contributed by atoms with Crippen LogP contribution in [0, 0.1) is 0 Å². The summed E-state index contributed by atoms with van der Waals surface area (Å²) in [6, 6.07) is -2.21. The lowest BCUT2D eigenvalue weighted by Gasteiger charge is -2.22. The van der Waals surface area contributed by atoms with Crippen LogP contribution in [0.3, 0.4) is 0 Å². The zero-order valence-corrected chi connectivity index (χ0v) is 15.7. The summed E-state index contributed by atoms with van der Waals surface area (Å²) in [7, 11) is 0. The molecule has 2 amide bonds. The summed E-state index contributed by atoms with van der Waals surface area (Å²) in [5, 5.41) is 13.7. The van der Waals surface area contributed by atoms with Gasteiger partial charge in [-0.05, 0) is 34.1 Å². The first kappa shape index (κ1) is 23.0. The summed E-state index contributed by atoms with van der Waals surface area (Å²) in [6.45, 7) is 6.73. The van der Waals surface area contributed by atoms with E-state index in [0.29, 0.717) is 0 Å². The van der Waals surface area contributed by atoms with Gasteiger partial charge >= 0.3 is 18.0 Å². The number of esters is 1. The predicted molar refractivity (Wildman–Crippen MR) is 92.4 cm³/mol. The molecule has 0 aromatic rings. The van der Waals surface area contributed by atoms with Gasteiger partial charge in [-0.25, -0.2) is 14.4 Å². The molecule has 3 N–H and O–H groups in total. The molecule has 0 spiro atoms. The van der Waals surface area contributed by atoms with Crippen LogP contribution in [0.4, 0.5) is 4.79 Å². The van der Waals surface area contributed by atoms with Crippen LogP contribution in [0.25, 0.3) is 0 Å². The molecule has 0 fully saturated rings. The highest BCUT2D eigenvalue weighted by molar-refractivity contribution is 7.80. The Kier molecular flexibility index (Phi) is 9.95. The van der Waals surface area contributed by atoms with Crippen molar-refractivity contribution in [2.24, 2.45) is 0 Å². The van der Waals surface area contributed by atoms with E-state index in [1.54, 1.807) is 27.7 Å². The zero-order valence-electron chi connectivity index (χ0n) is 14.8. The maximum atomic E-state index is 11.9. The van der Waals surface area contributed by atoms with Crippen molar-refractivity contribution in [2.45, 2.75) is 58.2 Å². The van der Waals surface area contributed by atoms with Gasteiger partial charge < -0.3 is 25.2 Å². The first-order valence-corrected chi connectivity index (χ1v) is 8.42. The minimum Gasteiger partial charge on any atom is -0.480 e. The van der Waals surface area contributed by atoms with Crippen molar-refractivity contribution in [1.29, 1.82) is 0 Å². The molecule has 0 rings (SSSR count). The molecule has 9 nitrogen and oxygen atoms in total. The topological polar surface area (TPSA) is 131 Å². The van der Waals surface area contributed by atoms with E-state index in [9.17, 15) is 19.2 Å². The molecule has 0 saturated heterocycles. The third kappa shape index (κ3) is 10.5. The van der Waals surface area contributed by atoms with Crippen LogP contribution in [-0.4, -0.2) is 59.1 Å². The summed E-state index contributed by atoms with van der Waals surface area (Å²) in [5.41, 5.74) is -0.774. The number of hydrogen-bond donors (Lipinski definition) is 4. The smallest absolute Gasteiger partial charge is 0.408 e. The van der Waals surface area contributed by atoms with Gasteiger partial charge in [0.2, 0.25) is 5.91 Å². The summed E-state index contributed by atoms with van der Waals surface area (Å²) < 4.78 is 9.77. The van der Waals surface area contributed by atoms with Crippen molar-refractivity contribution in [3.05, 3.63) is 0 Å². The second-order valence-electron chi connectivity index (χ2n) is 6.13. The lowest BCUT2D eigenvalue weighted by atomic mass is 10.1. The molecule has 0 aromatic carbocycles. The van der Waals surface area contributed by atoms with Crippen molar-refractivity contribution >= 4 is 36.6 Å². The third-order valence-corrected chi connectivity index (χ3v) is 3.10. The Morgan fingerprint density at radius 2 is 1.72 bits per heavy atom. The number of nitrogens with one attached hydrogen (secondary N) is 2. The molecule has 0 heterocycles. The standard InChI is InChI=1S/C15H26N2O7S/c1-5-23-13(21)10(8-25)16-11(18)7-6-9(12(19)20)17-14(22)24-15(2,3)4/h9-10,25H,5-8H2,1-4H3,(H,16,18)(H,17,22)(H,19,20). The number of aliphatic carboxylic acids is 1. The molecular weight excluding hydrogens is 352 g/mol. The van der Waals surface area contributed by atoms with Crippen LogP contribution in [0.2, 0.25) is 0 Å². The van der Waals surface area contributed by atoms with Crippen LogP contribution in [0.1, 0.15) is 40.5 Å². The van der Waals surface area contributed by atoms with Gasteiger partial charge in [0, 0.05) is 12.2 Å². The van der Waals surface area contributed by atoms with Crippen LogP contribution in [0.5, 0.6) is 0 Å². The van der Waals surface area contributed by atoms with E-state index in [1.807, 2.05) is 0 Å².